The van der Waals surface area contributed by atoms with Gasteiger partial charge in [-0.2, -0.15) is 0 Å². The van der Waals surface area contributed by atoms with Crippen LogP contribution in [-0.2, 0) is 104 Å². The van der Waals surface area contributed by atoms with Crippen LogP contribution in [0.1, 0.15) is 70.9 Å². The Morgan fingerprint density at radius 3 is 1.07 bits per heavy atom. The Morgan fingerprint density at radius 2 is 0.713 bits per heavy atom. The van der Waals surface area contributed by atoms with E-state index < -0.39 is 186 Å². The summed E-state index contributed by atoms with van der Waals surface area (Å²) in [5.74, 6) is -15.4. The number of rotatable bonds is 20. The van der Waals surface area contributed by atoms with Crippen LogP contribution in [-0.4, -0.2) is 365 Å². The molecule has 18 heterocycles. The fourth-order valence-electron chi connectivity index (χ4n) is 22.2. The van der Waals surface area contributed by atoms with E-state index in [0.29, 0.717) is 65.4 Å². The van der Waals surface area contributed by atoms with E-state index in [4.69, 9.17) is 37.9 Å². The van der Waals surface area contributed by atoms with Crippen molar-refractivity contribution in [3.8, 4) is 5.75 Å². The number of carboxylic acids is 6. The van der Waals surface area contributed by atoms with E-state index in [1.54, 1.807) is 118 Å². The monoisotopic (exact) mass is 1890 g/mol. The van der Waals surface area contributed by atoms with Crippen LogP contribution in [0.5, 0.6) is 5.75 Å². The van der Waals surface area contributed by atoms with Crippen LogP contribution < -0.4 is 45.2 Å². The van der Waals surface area contributed by atoms with Gasteiger partial charge in [-0.05, 0) is 83.9 Å². The molecule has 738 valence electrons. The lowest BCUT2D eigenvalue weighted by atomic mass is 9.82. The fourth-order valence-corrected chi connectivity index (χ4v) is 22.2. The third kappa shape index (κ3) is 22.6. The summed E-state index contributed by atoms with van der Waals surface area (Å²) in [6.45, 7) is 24.8. The quantitative estimate of drug-likeness (QED) is 0.0671. The molecule has 12 bridgehead atoms. The maximum Gasteiger partial charge on any atom is 0.410 e. The van der Waals surface area contributed by atoms with E-state index in [1.807, 2.05) is 42.5 Å². The van der Waals surface area contributed by atoms with Crippen molar-refractivity contribution in [3.63, 3.8) is 0 Å². The van der Waals surface area contributed by atoms with Crippen LogP contribution >= 0.6 is 0 Å². The number of fused-ring (bicyclic) bond motifs is 12. The molecule has 20 rings (SSSR count). The Bertz CT molecular complexity index is 4840. The van der Waals surface area contributed by atoms with E-state index in [0.717, 1.165) is 129 Å². The Balaban J connectivity index is 0.000000125. The van der Waals surface area contributed by atoms with E-state index in [2.05, 4.69) is 48.5 Å². The van der Waals surface area contributed by atoms with E-state index in [9.17, 15) is 93.0 Å². The lowest BCUT2D eigenvalue weighted by molar-refractivity contribution is -0.917. The van der Waals surface area contributed by atoms with E-state index in [-0.39, 0.29) is 47.6 Å². The molecular formula is C98H128N11O27-. The zero-order valence-electron chi connectivity index (χ0n) is 77.8. The summed E-state index contributed by atoms with van der Waals surface area (Å²) in [6.07, 6.45) is 21.2. The number of carboxylic acid groups (broad SMARTS) is 6. The lowest BCUT2D eigenvalue weighted by Gasteiger charge is -2.37. The first-order chi connectivity index (χ1) is 65.2. The molecule has 38 nitrogen and oxygen atoms in total. The minimum Gasteiger partial charge on any atom is -0.550 e. The number of amides is 7. The number of likely N-dealkylation sites (N-methyl/N-ethyl adjacent to an activating group) is 2. The highest BCUT2D eigenvalue weighted by Crippen LogP contribution is 2.46. The molecule has 24 atom stereocenters. The number of carbonyl (C=O) groups excluding carboxylic acids is 11. The van der Waals surface area contributed by atoms with Crippen LogP contribution in [0.4, 0.5) is 4.79 Å². The number of methoxy groups -OCH3 is 1. The van der Waals surface area contributed by atoms with Crippen LogP contribution in [0.3, 0.4) is 0 Å². The Kier molecular flexibility index (Phi) is 32.2. The van der Waals surface area contributed by atoms with Gasteiger partial charge in [0.05, 0.1) is 208 Å². The minimum atomic E-state index is -1.19. The molecule has 0 spiro atoms. The van der Waals surface area contributed by atoms with Gasteiger partial charge >= 0.3 is 18.0 Å². The van der Waals surface area contributed by atoms with Gasteiger partial charge in [-0.1, -0.05) is 115 Å². The van der Waals surface area contributed by atoms with Gasteiger partial charge in [0, 0.05) is 118 Å². The van der Waals surface area contributed by atoms with Crippen molar-refractivity contribution in [2.75, 3.05) is 158 Å². The number of piperazine rings is 4. The fraction of sp³-hybridized carbons (Fsp3) is 0.622. The molecule has 7 amide bonds. The highest BCUT2D eigenvalue weighted by molar-refractivity contribution is 5.91. The molecule has 2 aromatic carbocycles. The second-order valence-electron chi connectivity index (χ2n) is 39.3. The molecule has 12 fully saturated rings. The normalized spacial score (nSPS) is 33.5. The molecule has 12 unspecified atom stereocenters. The van der Waals surface area contributed by atoms with Gasteiger partial charge in [-0.15, -0.1) is 0 Å². The molecule has 0 saturated carbocycles. The Morgan fingerprint density at radius 1 is 0.390 bits per heavy atom. The van der Waals surface area contributed by atoms with Gasteiger partial charge in [0.25, 0.3) is 0 Å². The smallest absolute Gasteiger partial charge is 0.410 e. The third-order valence-electron chi connectivity index (χ3n) is 29.8. The summed E-state index contributed by atoms with van der Waals surface area (Å²) in [5.41, 5.74) is 2.01. The van der Waals surface area contributed by atoms with E-state index >= 15 is 0 Å². The summed E-state index contributed by atoms with van der Waals surface area (Å²) in [7, 11) is 3.76. The topological polar surface area (TPSA) is 476 Å². The number of carbonyl (C=O) groups is 13. The molecule has 6 N–H and O–H groups in total. The SMILES string of the molecule is CC(C)(C)OC(=O)N1CCN(C(=O)C2C(C(=O)O)[C@H]3C=C[C@@H]2O3)CC1.CC[NH+]1CCN(C(=O)C2C(C(=O)[O-])[C@H]3C=C[C@@H]2O3)CC1.COc1ccc(CCN2CCC(NC(=O)C3C(C(=O)O)[C@H]4C=C[C@@H]3O4)CC2)cc1.C[NH+]1CCN(C(=O)C2C(C(=O)[O-])[C@H]3C=C[C@@H]2O3)CC1.O=C([O-])C1C(C(=O)N2CCCCC2)[C@@H]2C=C[C@H]1O2.O=C([O-])C1C(C(=O)N2CC[NH+](Cc3ccccc3)CC2)[C@@H]2C=C[C@H]1O2. The lowest BCUT2D eigenvalue weighted by Crippen LogP contribution is -3.14. The number of nitrogens with zero attached hydrogens (tertiary/aromatic N) is 7. The largest absolute Gasteiger partial charge is 0.550 e. The van der Waals surface area contributed by atoms with Crippen LogP contribution in [0.15, 0.2) is 128 Å². The number of nitrogens with one attached hydrogen (secondary N) is 4. The number of likely N-dealkylation sites (tertiary alicyclic amines) is 2. The first kappa shape index (κ1) is 99.7. The van der Waals surface area contributed by atoms with Gasteiger partial charge in [0.2, 0.25) is 35.4 Å². The molecule has 0 aromatic heterocycles. The van der Waals surface area contributed by atoms with Gasteiger partial charge in [0.1, 0.15) is 29.7 Å². The van der Waals surface area contributed by atoms with Crippen molar-refractivity contribution in [1.82, 2.24) is 39.6 Å². The van der Waals surface area contributed by atoms with Gasteiger partial charge in [-0.3, -0.25) is 38.4 Å². The predicted octanol–water partition coefficient (Wildman–Crippen LogP) is -6.54. The van der Waals surface area contributed by atoms with Crippen LogP contribution in [0.2, 0.25) is 0 Å². The second-order valence-corrected chi connectivity index (χ2v) is 39.3. The van der Waals surface area contributed by atoms with Crippen molar-refractivity contribution < 1.29 is 146 Å². The van der Waals surface area contributed by atoms with Crippen molar-refractivity contribution >= 4 is 77.4 Å². The maximum atomic E-state index is 12.9. The zero-order valence-corrected chi connectivity index (χ0v) is 77.8. The number of quaternary nitrogens is 3. The Hall–Kier alpha value is -10.8. The van der Waals surface area contributed by atoms with Crippen LogP contribution in [0.25, 0.3) is 0 Å². The maximum absolute atomic E-state index is 12.9. The molecule has 12 saturated heterocycles. The molecule has 18 aliphatic heterocycles. The summed E-state index contributed by atoms with van der Waals surface area (Å²) in [6, 6.07) is 18.6. The van der Waals surface area contributed by atoms with Crippen LogP contribution in [0, 0.1) is 71.0 Å². The molecule has 0 aliphatic carbocycles. The van der Waals surface area contributed by atoms with Gasteiger partial charge in [-0.25, -0.2) is 4.79 Å². The summed E-state index contributed by atoms with van der Waals surface area (Å²) in [4.78, 5) is 173. The van der Waals surface area contributed by atoms with Gasteiger partial charge < -0.3 is 142 Å². The number of piperidine rings is 2. The second kappa shape index (κ2) is 43.9. The molecular weight excluding hydrogens is 1760 g/mol. The number of hydrogen-bond donors (Lipinski definition) is 6. The summed E-state index contributed by atoms with van der Waals surface area (Å²) < 4.78 is 43.8. The first-order valence-corrected chi connectivity index (χ1v) is 48.1. The van der Waals surface area contributed by atoms with Crippen molar-refractivity contribution in [2.45, 2.75) is 158 Å². The molecule has 136 heavy (non-hydrogen) atoms. The summed E-state index contributed by atoms with van der Waals surface area (Å²) in [5, 5.41) is 67.1. The number of ether oxygens (including phenoxy) is 8. The molecule has 38 heteroatoms. The zero-order chi connectivity index (χ0) is 96.7. The highest BCUT2D eigenvalue weighted by Gasteiger charge is 2.59. The third-order valence-corrected chi connectivity index (χ3v) is 29.8. The van der Waals surface area contributed by atoms with Crippen molar-refractivity contribution in [2.24, 2.45) is 71.0 Å². The van der Waals surface area contributed by atoms with E-state index in [1.165, 1.54) is 25.8 Å². The predicted molar refractivity (Wildman–Crippen MR) is 472 cm³/mol. The molecule has 18 aliphatic rings. The molecule has 2 aromatic rings. The minimum absolute atomic E-state index is 0.0826. The highest BCUT2D eigenvalue weighted by atomic mass is 16.6. The first-order valence-electron chi connectivity index (χ1n) is 48.1. The van der Waals surface area contributed by atoms with Gasteiger partial charge in [0.15, 0.2) is 0 Å². The summed E-state index contributed by atoms with van der Waals surface area (Å²) >= 11 is 0. The molecule has 0 radical (unpaired) electrons. The number of hydrogen-bond acceptors (Lipinski definition) is 26. The number of aliphatic carboxylic acids is 6. The van der Waals surface area contributed by atoms with Crippen molar-refractivity contribution in [1.29, 1.82) is 0 Å². The number of benzene rings is 2. The standard InChI is InChI=1S/C22H28N2O5.C19H22N2O4.C17H24N2O6.C14H20N2O4.C13H18N2O4.C13H17NO4/c1-28-16-4-2-14(3-5-16)8-11-24-12-9-15(10-13-24)23-21(25)19-17-6-7-18(29-17)20(19)22(26)27;22-18(16-14-6-7-15(25-14)17(16)19(23)24)21-10-8-20(9-11-21)12-13-4-2-1-3-5-13;1-17(2,3)25-16(23)19-8-6-18(7-9-19)14(20)12-10-4-5-11(24-10)13(12)15(21)22;1-2-15-5-7-16(8-6-15)13(17)11-9-3-4-10(20-9)12(11)14(18)19;1-14-4-6-15(7-5-14)12(16)10-8-2-3-9(19-8)11(10)13(17)18;15-12(14-6-2-1-3-7-14)10-8-4-5-9(18-8)11(10)13(16)17/h2-7,15,17-20H,8-13H2,1H3,(H,23,25)(H,26,27);1-7,14-17H,8-12H2,(H,23,24);4-5,10-13H,6-9H2,1-3H3,(H,21,22);3-4,9-12H,2,5-8H2,1H3,(H,18,19);2-3,8-11H,4-7H2,1H3,(H,17,18);4-5,8-11H,1-3,6-7H2,(H,16,17)/p-1/t17-,18+,19?,20?;14-,15+,16?,17?;10-,11+,12?,13?;9-,10+,11?,12?;2*8-,9+,10?,11?/m000000/s1. The van der Waals surface area contributed by atoms with Crippen molar-refractivity contribution in [3.05, 3.63) is 139 Å². The average molecular weight is 1890 g/mol. The Labute approximate surface area is 790 Å². The average Bonchev–Trinajstić information content (AvgIpc) is 1.58.